The SMILES string of the molecule is CC(C)N(CCO)CC(=O)Nc1ccc(C#N)c(Cl)c1. The Morgan fingerprint density at radius 2 is 2.25 bits per heavy atom. The Labute approximate surface area is 123 Å². The molecule has 6 heteroatoms. The number of aliphatic hydroxyl groups excluding tert-OH is 1. The van der Waals surface area contributed by atoms with Crippen LogP contribution in [0.4, 0.5) is 5.69 Å². The van der Waals surface area contributed by atoms with E-state index < -0.39 is 0 Å². The number of hydrogen-bond donors (Lipinski definition) is 2. The second-order valence-electron chi connectivity index (χ2n) is 4.64. The zero-order chi connectivity index (χ0) is 15.1. The quantitative estimate of drug-likeness (QED) is 0.840. The molecule has 0 radical (unpaired) electrons. The summed E-state index contributed by atoms with van der Waals surface area (Å²) in [5.74, 6) is -0.187. The van der Waals surface area contributed by atoms with Crippen molar-refractivity contribution in [2.45, 2.75) is 19.9 Å². The molecule has 0 saturated carbocycles. The summed E-state index contributed by atoms with van der Waals surface area (Å²) < 4.78 is 0. The van der Waals surface area contributed by atoms with Gasteiger partial charge in [-0.3, -0.25) is 9.69 Å². The van der Waals surface area contributed by atoms with Crippen LogP contribution in [0.15, 0.2) is 18.2 Å². The maximum Gasteiger partial charge on any atom is 0.238 e. The first-order valence-electron chi connectivity index (χ1n) is 6.32. The second kappa shape index (κ2) is 7.85. The normalized spacial score (nSPS) is 10.7. The van der Waals surface area contributed by atoms with Crippen molar-refractivity contribution >= 4 is 23.2 Å². The minimum Gasteiger partial charge on any atom is -0.395 e. The highest BCUT2D eigenvalue weighted by Crippen LogP contribution is 2.20. The van der Waals surface area contributed by atoms with Gasteiger partial charge >= 0.3 is 0 Å². The van der Waals surface area contributed by atoms with Crippen LogP contribution in [0.2, 0.25) is 5.02 Å². The maximum atomic E-state index is 11.9. The van der Waals surface area contributed by atoms with Crippen LogP contribution in [0.25, 0.3) is 0 Å². The topological polar surface area (TPSA) is 76.4 Å². The Kier molecular flexibility index (Phi) is 6.46. The molecule has 1 aromatic carbocycles. The minimum absolute atomic E-state index is 0.00809. The number of rotatable bonds is 6. The summed E-state index contributed by atoms with van der Waals surface area (Å²) in [4.78, 5) is 13.8. The zero-order valence-electron chi connectivity index (χ0n) is 11.6. The molecule has 0 spiro atoms. The van der Waals surface area contributed by atoms with Crippen LogP contribution in [0.5, 0.6) is 0 Å². The van der Waals surface area contributed by atoms with Crippen LogP contribution in [0.3, 0.4) is 0 Å². The zero-order valence-corrected chi connectivity index (χ0v) is 12.3. The van der Waals surface area contributed by atoms with E-state index in [4.69, 9.17) is 22.0 Å². The van der Waals surface area contributed by atoms with E-state index in [2.05, 4.69) is 5.32 Å². The summed E-state index contributed by atoms with van der Waals surface area (Å²) in [7, 11) is 0. The Hall–Kier alpha value is -1.61. The minimum atomic E-state index is -0.187. The lowest BCUT2D eigenvalue weighted by Gasteiger charge is -2.24. The number of carbonyl (C=O) groups is 1. The molecular weight excluding hydrogens is 278 g/mol. The van der Waals surface area contributed by atoms with Gasteiger partial charge in [0.25, 0.3) is 0 Å². The van der Waals surface area contributed by atoms with Crippen molar-refractivity contribution in [1.29, 1.82) is 5.26 Å². The van der Waals surface area contributed by atoms with Crippen LogP contribution in [0.1, 0.15) is 19.4 Å². The first-order valence-corrected chi connectivity index (χ1v) is 6.70. The van der Waals surface area contributed by atoms with Gasteiger partial charge in [-0.2, -0.15) is 5.26 Å². The number of benzene rings is 1. The van der Waals surface area contributed by atoms with Gasteiger partial charge < -0.3 is 10.4 Å². The third kappa shape index (κ3) is 4.82. The number of carbonyl (C=O) groups excluding carboxylic acids is 1. The van der Waals surface area contributed by atoms with E-state index in [0.29, 0.717) is 22.8 Å². The highest BCUT2D eigenvalue weighted by atomic mass is 35.5. The van der Waals surface area contributed by atoms with Gasteiger partial charge in [0.15, 0.2) is 0 Å². The molecule has 0 aliphatic carbocycles. The van der Waals surface area contributed by atoms with Crippen molar-refractivity contribution in [3.05, 3.63) is 28.8 Å². The maximum absolute atomic E-state index is 11.9. The molecule has 2 N–H and O–H groups in total. The number of hydrogen-bond acceptors (Lipinski definition) is 4. The number of anilines is 1. The summed E-state index contributed by atoms with van der Waals surface area (Å²) in [6.07, 6.45) is 0. The Morgan fingerprint density at radius 1 is 1.55 bits per heavy atom. The van der Waals surface area contributed by atoms with Gasteiger partial charge in [0.2, 0.25) is 5.91 Å². The summed E-state index contributed by atoms with van der Waals surface area (Å²) in [6.45, 7) is 4.56. The predicted molar refractivity (Wildman–Crippen MR) is 78.6 cm³/mol. The molecule has 1 amide bonds. The van der Waals surface area contributed by atoms with Crippen LogP contribution < -0.4 is 5.32 Å². The number of nitriles is 1. The van der Waals surface area contributed by atoms with Gasteiger partial charge in [0, 0.05) is 18.3 Å². The van der Waals surface area contributed by atoms with Crippen molar-refractivity contribution in [3.63, 3.8) is 0 Å². The fourth-order valence-corrected chi connectivity index (χ4v) is 1.94. The summed E-state index contributed by atoms with van der Waals surface area (Å²) >= 11 is 5.90. The van der Waals surface area contributed by atoms with Gasteiger partial charge in [-0.05, 0) is 32.0 Å². The van der Waals surface area contributed by atoms with Gasteiger partial charge in [-0.1, -0.05) is 11.6 Å². The van der Waals surface area contributed by atoms with E-state index in [-0.39, 0.29) is 25.1 Å². The molecule has 0 fully saturated rings. The average molecular weight is 296 g/mol. The third-order valence-corrected chi connectivity index (χ3v) is 3.15. The summed E-state index contributed by atoms with van der Waals surface area (Å²) in [5, 5.41) is 20.8. The van der Waals surface area contributed by atoms with E-state index in [9.17, 15) is 4.79 Å². The Bertz CT molecular complexity index is 512. The number of aliphatic hydroxyl groups is 1. The molecule has 0 aliphatic heterocycles. The standard InChI is InChI=1S/C14H18ClN3O2/c1-10(2)18(5-6-19)9-14(20)17-12-4-3-11(8-16)13(15)7-12/h3-4,7,10,19H,5-6,9H2,1-2H3,(H,17,20). The van der Waals surface area contributed by atoms with Gasteiger partial charge in [0.1, 0.15) is 6.07 Å². The van der Waals surface area contributed by atoms with Crippen LogP contribution in [-0.4, -0.2) is 41.7 Å². The predicted octanol–water partition coefficient (Wildman–Crippen LogP) is 1.85. The molecule has 5 nitrogen and oxygen atoms in total. The molecule has 20 heavy (non-hydrogen) atoms. The number of halogens is 1. The molecule has 0 bridgehead atoms. The molecule has 0 atom stereocenters. The molecule has 1 rings (SSSR count). The van der Waals surface area contributed by atoms with Crippen molar-refractivity contribution in [2.75, 3.05) is 25.0 Å². The van der Waals surface area contributed by atoms with E-state index in [1.165, 1.54) is 0 Å². The lowest BCUT2D eigenvalue weighted by Crippen LogP contribution is -2.39. The molecule has 0 aromatic heterocycles. The molecule has 0 aliphatic rings. The van der Waals surface area contributed by atoms with Gasteiger partial charge in [-0.15, -0.1) is 0 Å². The van der Waals surface area contributed by atoms with Crippen molar-refractivity contribution in [1.82, 2.24) is 4.90 Å². The van der Waals surface area contributed by atoms with E-state index in [0.717, 1.165) is 0 Å². The lowest BCUT2D eigenvalue weighted by atomic mass is 10.2. The Balaban J connectivity index is 2.66. The molecule has 0 heterocycles. The largest absolute Gasteiger partial charge is 0.395 e. The van der Waals surface area contributed by atoms with E-state index >= 15 is 0 Å². The summed E-state index contributed by atoms with van der Waals surface area (Å²) in [5.41, 5.74) is 0.917. The lowest BCUT2D eigenvalue weighted by molar-refractivity contribution is -0.117. The second-order valence-corrected chi connectivity index (χ2v) is 5.05. The van der Waals surface area contributed by atoms with E-state index in [1.807, 2.05) is 24.8 Å². The highest BCUT2D eigenvalue weighted by molar-refractivity contribution is 6.32. The number of nitrogens with zero attached hydrogens (tertiary/aromatic N) is 2. The molecule has 1 aromatic rings. The van der Waals surface area contributed by atoms with Crippen molar-refractivity contribution < 1.29 is 9.90 Å². The number of nitrogens with one attached hydrogen (secondary N) is 1. The summed E-state index contributed by atoms with van der Waals surface area (Å²) in [6, 6.07) is 6.86. The molecule has 0 saturated heterocycles. The fourth-order valence-electron chi connectivity index (χ4n) is 1.72. The van der Waals surface area contributed by atoms with Crippen LogP contribution >= 0.6 is 11.6 Å². The monoisotopic (exact) mass is 295 g/mol. The van der Waals surface area contributed by atoms with Crippen LogP contribution in [-0.2, 0) is 4.79 Å². The first kappa shape index (κ1) is 16.4. The fraction of sp³-hybridized carbons (Fsp3) is 0.429. The van der Waals surface area contributed by atoms with Crippen LogP contribution in [0, 0.1) is 11.3 Å². The first-order chi connectivity index (χ1) is 9.47. The molecular formula is C14H18ClN3O2. The molecule has 0 unspecified atom stereocenters. The van der Waals surface area contributed by atoms with Crippen molar-refractivity contribution in [2.24, 2.45) is 0 Å². The molecule has 108 valence electrons. The number of amides is 1. The van der Waals surface area contributed by atoms with Crippen molar-refractivity contribution in [3.8, 4) is 6.07 Å². The van der Waals surface area contributed by atoms with Gasteiger partial charge in [-0.25, -0.2) is 0 Å². The average Bonchev–Trinajstić information content (AvgIpc) is 2.38. The smallest absolute Gasteiger partial charge is 0.238 e. The van der Waals surface area contributed by atoms with Gasteiger partial charge in [0.05, 0.1) is 23.7 Å². The Morgan fingerprint density at radius 3 is 2.75 bits per heavy atom. The third-order valence-electron chi connectivity index (χ3n) is 2.84. The highest BCUT2D eigenvalue weighted by Gasteiger charge is 2.13. The van der Waals surface area contributed by atoms with E-state index in [1.54, 1.807) is 18.2 Å².